The number of benzene rings is 1. The standard InChI is InChI=1S/C9H9IN2OS/c1-11-9(14)12-8(13)6-4-2-3-5-7(6)10/h2-5H,1H3,(H2,11,12,13,14). The van der Waals surface area contributed by atoms with E-state index >= 15 is 0 Å². The van der Waals surface area contributed by atoms with E-state index in [-0.39, 0.29) is 5.91 Å². The van der Waals surface area contributed by atoms with Crippen LogP contribution in [-0.4, -0.2) is 18.1 Å². The smallest absolute Gasteiger partial charge is 0.258 e. The van der Waals surface area contributed by atoms with Crippen molar-refractivity contribution in [2.45, 2.75) is 0 Å². The average molecular weight is 320 g/mol. The Morgan fingerprint density at radius 2 is 2.07 bits per heavy atom. The zero-order valence-corrected chi connectivity index (χ0v) is 10.5. The fourth-order valence-corrected chi connectivity index (χ4v) is 1.60. The summed E-state index contributed by atoms with van der Waals surface area (Å²) in [5.41, 5.74) is 0.630. The van der Waals surface area contributed by atoms with Gasteiger partial charge >= 0.3 is 0 Å². The Bertz CT molecular complexity index is 368. The van der Waals surface area contributed by atoms with Gasteiger partial charge in [-0.25, -0.2) is 0 Å². The van der Waals surface area contributed by atoms with E-state index in [4.69, 9.17) is 12.2 Å². The van der Waals surface area contributed by atoms with Crippen LogP contribution in [0.4, 0.5) is 0 Å². The zero-order chi connectivity index (χ0) is 10.6. The fraction of sp³-hybridized carbons (Fsp3) is 0.111. The van der Waals surface area contributed by atoms with Crippen LogP contribution >= 0.6 is 34.8 Å². The SMILES string of the molecule is CNC(=S)NC(=O)c1ccccc1I. The van der Waals surface area contributed by atoms with Gasteiger partial charge in [-0.3, -0.25) is 10.1 Å². The van der Waals surface area contributed by atoms with E-state index in [2.05, 4.69) is 33.2 Å². The summed E-state index contributed by atoms with van der Waals surface area (Å²) in [5.74, 6) is -0.186. The van der Waals surface area contributed by atoms with E-state index in [0.29, 0.717) is 10.7 Å². The third-order valence-electron chi connectivity index (χ3n) is 1.57. The number of hydrogen-bond acceptors (Lipinski definition) is 2. The molecule has 0 radical (unpaired) electrons. The Labute approximate surface area is 101 Å². The number of hydrogen-bond donors (Lipinski definition) is 2. The zero-order valence-electron chi connectivity index (χ0n) is 7.50. The number of nitrogens with one attached hydrogen (secondary N) is 2. The molecule has 1 aromatic carbocycles. The van der Waals surface area contributed by atoms with Gasteiger partial charge in [0.05, 0.1) is 5.56 Å². The summed E-state index contributed by atoms with van der Waals surface area (Å²) in [7, 11) is 1.67. The number of halogens is 1. The maximum absolute atomic E-state index is 11.6. The first kappa shape index (κ1) is 11.4. The Morgan fingerprint density at radius 3 is 2.64 bits per heavy atom. The largest absolute Gasteiger partial charge is 0.365 e. The minimum atomic E-state index is -0.186. The minimum Gasteiger partial charge on any atom is -0.365 e. The molecule has 1 amide bonds. The van der Waals surface area contributed by atoms with Crippen LogP contribution in [0, 0.1) is 3.57 Å². The van der Waals surface area contributed by atoms with Crippen molar-refractivity contribution in [1.29, 1.82) is 0 Å². The van der Waals surface area contributed by atoms with Gasteiger partial charge in [0.2, 0.25) is 0 Å². The Morgan fingerprint density at radius 1 is 1.43 bits per heavy atom. The third-order valence-corrected chi connectivity index (χ3v) is 2.82. The molecule has 0 saturated carbocycles. The van der Waals surface area contributed by atoms with Crippen LogP contribution in [0.1, 0.15) is 10.4 Å². The lowest BCUT2D eigenvalue weighted by atomic mass is 10.2. The summed E-state index contributed by atoms with van der Waals surface area (Å²) in [6.45, 7) is 0. The predicted molar refractivity (Wildman–Crippen MR) is 68.3 cm³/mol. The highest BCUT2D eigenvalue weighted by atomic mass is 127. The molecule has 0 spiro atoms. The van der Waals surface area contributed by atoms with Crippen LogP contribution in [0.2, 0.25) is 0 Å². The van der Waals surface area contributed by atoms with Gasteiger partial charge in [0.25, 0.3) is 5.91 Å². The minimum absolute atomic E-state index is 0.186. The number of carbonyl (C=O) groups excluding carboxylic acids is 1. The van der Waals surface area contributed by atoms with E-state index in [1.54, 1.807) is 13.1 Å². The van der Waals surface area contributed by atoms with Crippen molar-refractivity contribution in [1.82, 2.24) is 10.6 Å². The normalized spacial score (nSPS) is 9.29. The molecule has 0 aliphatic rings. The first-order valence-electron chi connectivity index (χ1n) is 3.92. The predicted octanol–water partition coefficient (Wildman–Crippen LogP) is 1.53. The number of rotatable bonds is 1. The van der Waals surface area contributed by atoms with Crippen molar-refractivity contribution in [3.05, 3.63) is 33.4 Å². The van der Waals surface area contributed by atoms with Gasteiger partial charge in [-0.2, -0.15) is 0 Å². The highest BCUT2D eigenvalue weighted by molar-refractivity contribution is 14.1. The summed E-state index contributed by atoms with van der Waals surface area (Å²) in [6, 6.07) is 7.34. The van der Waals surface area contributed by atoms with Crippen LogP contribution in [0.25, 0.3) is 0 Å². The second-order valence-electron chi connectivity index (χ2n) is 2.51. The van der Waals surface area contributed by atoms with Crippen LogP contribution in [0.5, 0.6) is 0 Å². The second-order valence-corrected chi connectivity index (χ2v) is 4.08. The first-order valence-corrected chi connectivity index (χ1v) is 5.41. The van der Waals surface area contributed by atoms with E-state index in [0.717, 1.165) is 3.57 Å². The van der Waals surface area contributed by atoms with Crippen molar-refractivity contribution >= 4 is 45.8 Å². The molecule has 74 valence electrons. The van der Waals surface area contributed by atoms with Gasteiger partial charge in [-0.05, 0) is 46.9 Å². The molecule has 0 saturated heterocycles. The van der Waals surface area contributed by atoms with Gasteiger partial charge in [0.15, 0.2) is 5.11 Å². The van der Waals surface area contributed by atoms with Crippen molar-refractivity contribution < 1.29 is 4.79 Å². The fourth-order valence-electron chi connectivity index (χ4n) is 0.878. The average Bonchev–Trinajstić information content (AvgIpc) is 2.18. The molecule has 0 aliphatic carbocycles. The molecule has 1 aromatic rings. The molecule has 1 rings (SSSR count). The summed E-state index contributed by atoms with van der Waals surface area (Å²) in [4.78, 5) is 11.6. The Kier molecular flexibility index (Phi) is 4.27. The van der Waals surface area contributed by atoms with Crippen molar-refractivity contribution in [2.75, 3.05) is 7.05 Å². The lowest BCUT2D eigenvalue weighted by Gasteiger charge is -2.06. The van der Waals surface area contributed by atoms with E-state index in [1.165, 1.54) is 0 Å². The molecule has 0 unspecified atom stereocenters. The molecular formula is C9H9IN2OS. The molecule has 0 aliphatic heterocycles. The summed E-state index contributed by atoms with van der Waals surface area (Å²) >= 11 is 6.94. The van der Waals surface area contributed by atoms with Gasteiger partial charge in [-0.15, -0.1) is 0 Å². The highest BCUT2D eigenvalue weighted by Crippen LogP contribution is 2.10. The van der Waals surface area contributed by atoms with Crippen LogP contribution in [0.3, 0.4) is 0 Å². The molecule has 2 N–H and O–H groups in total. The van der Waals surface area contributed by atoms with Gasteiger partial charge in [0.1, 0.15) is 0 Å². The van der Waals surface area contributed by atoms with E-state index < -0.39 is 0 Å². The number of carbonyl (C=O) groups is 1. The molecule has 0 heterocycles. The summed E-state index contributed by atoms with van der Waals surface area (Å²) in [5, 5.41) is 5.57. The van der Waals surface area contributed by atoms with Crippen LogP contribution in [-0.2, 0) is 0 Å². The molecule has 0 fully saturated rings. The van der Waals surface area contributed by atoms with E-state index in [9.17, 15) is 4.79 Å². The van der Waals surface area contributed by atoms with Crippen LogP contribution in [0.15, 0.2) is 24.3 Å². The van der Waals surface area contributed by atoms with Crippen LogP contribution < -0.4 is 10.6 Å². The molecule has 0 atom stereocenters. The Balaban J connectivity index is 2.80. The van der Waals surface area contributed by atoms with Gasteiger partial charge < -0.3 is 5.32 Å². The number of amides is 1. The number of thiocarbonyl (C=S) groups is 1. The monoisotopic (exact) mass is 320 g/mol. The lowest BCUT2D eigenvalue weighted by Crippen LogP contribution is -2.37. The lowest BCUT2D eigenvalue weighted by molar-refractivity contribution is 0.0976. The Hall–Kier alpha value is -0.690. The third kappa shape index (κ3) is 2.91. The van der Waals surface area contributed by atoms with Crippen molar-refractivity contribution in [2.24, 2.45) is 0 Å². The summed E-state index contributed by atoms with van der Waals surface area (Å²) < 4.78 is 0.904. The molecule has 0 bridgehead atoms. The van der Waals surface area contributed by atoms with Crippen molar-refractivity contribution in [3.63, 3.8) is 0 Å². The maximum Gasteiger partial charge on any atom is 0.258 e. The molecular weight excluding hydrogens is 311 g/mol. The van der Waals surface area contributed by atoms with Gasteiger partial charge in [0, 0.05) is 10.6 Å². The first-order chi connectivity index (χ1) is 6.65. The quantitative estimate of drug-likeness (QED) is 0.609. The highest BCUT2D eigenvalue weighted by Gasteiger charge is 2.09. The molecule has 14 heavy (non-hydrogen) atoms. The molecule has 3 nitrogen and oxygen atoms in total. The molecule has 5 heteroatoms. The maximum atomic E-state index is 11.6. The second kappa shape index (κ2) is 5.26. The topological polar surface area (TPSA) is 41.1 Å². The summed E-state index contributed by atoms with van der Waals surface area (Å²) in [6.07, 6.45) is 0. The van der Waals surface area contributed by atoms with Crippen molar-refractivity contribution in [3.8, 4) is 0 Å². The van der Waals surface area contributed by atoms with Gasteiger partial charge in [-0.1, -0.05) is 12.1 Å². The van der Waals surface area contributed by atoms with E-state index in [1.807, 2.05) is 18.2 Å². The molecule has 0 aromatic heterocycles.